The molecule has 0 aliphatic carbocycles. The van der Waals surface area contributed by atoms with Crippen LogP contribution >= 0.6 is 11.8 Å². The summed E-state index contributed by atoms with van der Waals surface area (Å²) in [6, 6.07) is 3.48. The minimum atomic E-state index is -0.128. The van der Waals surface area contributed by atoms with E-state index in [4.69, 9.17) is 5.73 Å². The molecule has 0 aromatic carbocycles. The molecule has 2 rings (SSSR count). The molecule has 1 unspecified atom stereocenters. The number of hydrogen-bond donors (Lipinski definition) is 2. The Morgan fingerprint density at radius 2 is 2.45 bits per heavy atom. The molecule has 106 valence electrons. The third-order valence-corrected chi connectivity index (χ3v) is 4.79. The van der Waals surface area contributed by atoms with Gasteiger partial charge < -0.3 is 11.1 Å². The Bertz CT molecular complexity index is 524. The maximum atomic E-state index is 12.0. The van der Waals surface area contributed by atoms with Gasteiger partial charge in [-0.15, -0.1) is 0 Å². The first-order chi connectivity index (χ1) is 9.63. The summed E-state index contributed by atoms with van der Waals surface area (Å²) in [5.74, 6) is 6.69. The molecule has 3 N–H and O–H groups in total. The van der Waals surface area contributed by atoms with Crippen molar-refractivity contribution in [1.29, 1.82) is 0 Å². The highest BCUT2D eigenvalue weighted by Gasteiger charge is 2.29. The molecule has 1 aliphatic heterocycles. The predicted molar refractivity (Wildman–Crippen MR) is 82.6 cm³/mol. The molecule has 0 radical (unpaired) electrons. The van der Waals surface area contributed by atoms with Gasteiger partial charge in [0.15, 0.2) is 0 Å². The van der Waals surface area contributed by atoms with E-state index in [1.165, 1.54) is 12.2 Å². The summed E-state index contributed by atoms with van der Waals surface area (Å²) in [6.07, 6.45) is 3.98. The number of carbonyl (C=O) groups is 1. The first-order valence-corrected chi connectivity index (χ1v) is 7.69. The van der Waals surface area contributed by atoms with E-state index >= 15 is 0 Å². The molecule has 0 bridgehead atoms. The molecule has 20 heavy (non-hydrogen) atoms. The lowest BCUT2D eigenvalue weighted by atomic mass is 10.1. The number of nitrogens with two attached hydrogens (primary N) is 1. The van der Waals surface area contributed by atoms with E-state index in [0.717, 1.165) is 12.0 Å². The van der Waals surface area contributed by atoms with Crippen LogP contribution in [0.2, 0.25) is 0 Å². The zero-order valence-electron chi connectivity index (χ0n) is 11.6. The number of thioether (sulfide) groups is 1. The van der Waals surface area contributed by atoms with Gasteiger partial charge in [-0.2, -0.15) is 11.8 Å². The third-order valence-electron chi connectivity index (χ3n) is 3.25. The van der Waals surface area contributed by atoms with Crippen LogP contribution in [0.25, 0.3) is 0 Å². The van der Waals surface area contributed by atoms with E-state index in [0.29, 0.717) is 18.8 Å². The average molecular weight is 289 g/mol. The Balaban J connectivity index is 1.92. The van der Waals surface area contributed by atoms with Crippen molar-refractivity contribution in [2.24, 2.45) is 5.73 Å². The first-order valence-electron chi connectivity index (χ1n) is 6.70. The fourth-order valence-corrected chi connectivity index (χ4v) is 3.33. The number of aromatic nitrogens is 1. The van der Waals surface area contributed by atoms with Gasteiger partial charge in [-0.05, 0) is 37.7 Å². The van der Waals surface area contributed by atoms with Crippen LogP contribution in [0, 0.1) is 11.8 Å². The molecule has 0 spiro atoms. The summed E-state index contributed by atoms with van der Waals surface area (Å²) in [6.45, 7) is 3.20. The molecule has 1 aliphatic rings. The molecule has 1 aromatic rings. The lowest BCUT2D eigenvalue weighted by Gasteiger charge is -2.22. The van der Waals surface area contributed by atoms with Gasteiger partial charge >= 0.3 is 0 Å². The van der Waals surface area contributed by atoms with Crippen molar-refractivity contribution in [3.05, 3.63) is 29.6 Å². The SMILES string of the molecule is CC1(CNC(=O)c2ccc(C#CCN)cn2)CCCS1. The maximum absolute atomic E-state index is 12.0. The maximum Gasteiger partial charge on any atom is 0.269 e. The van der Waals surface area contributed by atoms with Gasteiger partial charge in [0.05, 0.1) is 6.54 Å². The van der Waals surface area contributed by atoms with Crippen molar-refractivity contribution in [3.8, 4) is 11.8 Å². The second kappa shape index (κ2) is 6.78. The number of amides is 1. The fraction of sp³-hybridized carbons (Fsp3) is 0.467. The molecule has 2 heterocycles. The standard InChI is InChI=1S/C15H19N3OS/c1-15(7-3-9-20-15)11-18-14(19)13-6-5-12(10-17-13)4-2-8-16/h5-6,10H,3,7-9,11,16H2,1H3,(H,18,19). The van der Waals surface area contributed by atoms with E-state index in [2.05, 4.69) is 29.1 Å². The highest BCUT2D eigenvalue weighted by Crippen LogP contribution is 2.36. The van der Waals surface area contributed by atoms with Crippen molar-refractivity contribution in [1.82, 2.24) is 10.3 Å². The number of pyridine rings is 1. The Kier molecular flexibility index (Phi) is 5.05. The van der Waals surface area contributed by atoms with Crippen molar-refractivity contribution in [3.63, 3.8) is 0 Å². The van der Waals surface area contributed by atoms with Crippen LogP contribution in [0.5, 0.6) is 0 Å². The highest BCUT2D eigenvalue weighted by atomic mass is 32.2. The zero-order chi connectivity index (χ0) is 14.4. The molecular formula is C15H19N3OS. The van der Waals surface area contributed by atoms with Gasteiger partial charge in [0.25, 0.3) is 5.91 Å². The minimum absolute atomic E-state index is 0.128. The molecular weight excluding hydrogens is 270 g/mol. The molecule has 4 nitrogen and oxygen atoms in total. The number of carbonyl (C=O) groups excluding carboxylic acids is 1. The average Bonchev–Trinajstić information content (AvgIpc) is 2.90. The van der Waals surface area contributed by atoms with Gasteiger partial charge in [0.2, 0.25) is 0 Å². The summed E-state index contributed by atoms with van der Waals surface area (Å²) in [7, 11) is 0. The quantitative estimate of drug-likeness (QED) is 0.826. The lowest BCUT2D eigenvalue weighted by molar-refractivity contribution is 0.0945. The highest BCUT2D eigenvalue weighted by molar-refractivity contribution is 8.00. The third kappa shape index (κ3) is 3.99. The smallest absolute Gasteiger partial charge is 0.269 e. The van der Waals surface area contributed by atoms with Gasteiger partial charge in [0, 0.05) is 23.1 Å². The predicted octanol–water partition coefficient (Wildman–Crippen LogP) is 1.41. The van der Waals surface area contributed by atoms with Crippen LogP contribution in [0.15, 0.2) is 18.3 Å². The van der Waals surface area contributed by atoms with Crippen LogP contribution in [-0.2, 0) is 0 Å². The molecule has 1 aromatic heterocycles. The van der Waals surface area contributed by atoms with Crippen LogP contribution in [0.3, 0.4) is 0 Å². The van der Waals surface area contributed by atoms with Crippen LogP contribution in [0.4, 0.5) is 0 Å². The Hall–Kier alpha value is -1.51. The Morgan fingerprint density at radius 1 is 1.60 bits per heavy atom. The number of nitrogens with one attached hydrogen (secondary N) is 1. The number of nitrogens with zero attached hydrogens (tertiary/aromatic N) is 1. The number of hydrogen-bond acceptors (Lipinski definition) is 4. The summed E-state index contributed by atoms with van der Waals surface area (Å²) < 4.78 is 0.169. The Labute approximate surface area is 123 Å². The summed E-state index contributed by atoms with van der Waals surface area (Å²) in [5, 5.41) is 2.97. The van der Waals surface area contributed by atoms with E-state index in [1.807, 2.05) is 11.8 Å². The molecule has 5 heteroatoms. The van der Waals surface area contributed by atoms with Crippen LogP contribution in [-0.4, -0.2) is 34.5 Å². The van der Waals surface area contributed by atoms with E-state index in [9.17, 15) is 4.79 Å². The van der Waals surface area contributed by atoms with Crippen LogP contribution in [0.1, 0.15) is 35.8 Å². The molecule has 1 saturated heterocycles. The second-order valence-corrected chi connectivity index (χ2v) is 6.71. The molecule has 1 atom stereocenters. The van der Waals surface area contributed by atoms with E-state index in [1.54, 1.807) is 18.3 Å². The monoisotopic (exact) mass is 289 g/mol. The normalized spacial score (nSPS) is 21.1. The van der Waals surface area contributed by atoms with Crippen molar-refractivity contribution in [2.45, 2.75) is 24.5 Å². The van der Waals surface area contributed by atoms with E-state index in [-0.39, 0.29) is 10.7 Å². The number of rotatable bonds is 3. The topological polar surface area (TPSA) is 68.0 Å². The summed E-state index contributed by atoms with van der Waals surface area (Å²) >= 11 is 1.93. The molecule has 0 saturated carbocycles. The molecule has 1 fully saturated rings. The van der Waals surface area contributed by atoms with E-state index < -0.39 is 0 Å². The molecule has 1 amide bonds. The van der Waals surface area contributed by atoms with Crippen molar-refractivity contribution < 1.29 is 4.79 Å². The van der Waals surface area contributed by atoms with Crippen LogP contribution < -0.4 is 11.1 Å². The van der Waals surface area contributed by atoms with Crippen molar-refractivity contribution >= 4 is 17.7 Å². The second-order valence-electron chi connectivity index (χ2n) is 5.02. The summed E-state index contributed by atoms with van der Waals surface area (Å²) in [4.78, 5) is 16.2. The van der Waals surface area contributed by atoms with Gasteiger partial charge in [-0.25, -0.2) is 4.98 Å². The zero-order valence-corrected chi connectivity index (χ0v) is 12.4. The first kappa shape index (κ1) is 14.9. The van der Waals surface area contributed by atoms with Gasteiger partial charge in [-0.3, -0.25) is 4.79 Å². The minimum Gasteiger partial charge on any atom is -0.349 e. The summed E-state index contributed by atoms with van der Waals surface area (Å²) in [5.41, 5.74) is 6.50. The fourth-order valence-electron chi connectivity index (χ4n) is 2.09. The van der Waals surface area contributed by atoms with Gasteiger partial charge in [-0.1, -0.05) is 11.8 Å². The van der Waals surface area contributed by atoms with Crippen molar-refractivity contribution in [2.75, 3.05) is 18.8 Å². The Morgan fingerprint density at radius 3 is 3.05 bits per heavy atom. The largest absolute Gasteiger partial charge is 0.349 e. The lowest BCUT2D eigenvalue weighted by Crippen LogP contribution is -2.37. The van der Waals surface area contributed by atoms with Gasteiger partial charge in [0.1, 0.15) is 5.69 Å².